The Morgan fingerprint density at radius 2 is 2.09 bits per heavy atom. The fourth-order valence-electron chi connectivity index (χ4n) is 3.54. The van der Waals surface area contributed by atoms with Crippen molar-refractivity contribution >= 4 is 11.8 Å². The first-order valence-electron chi connectivity index (χ1n) is 10.3. The molecule has 8 nitrogen and oxygen atoms in total. The summed E-state index contributed by atoms with van der Waals surface area (Å²) in [4.78, 5) is 16.4. The van der Waals surface area contributed by atoms with Gasteiger partial charge in [0.25, 0.3) is 5.89 Å². The van der Waals surface area contributed by atoms with Crippen molar-refractivity contribution in [2.75, 3.05) is 6.61 Å². The average molecular weight is 430 g/mol. The molecule has 8 heteroatoms. The lowest BCUT2D eigenvalue weighted by Gasteiger charge is -2.11. The third-order valence-electron chi connectivity index (χ3n) is 4.87. The van der Waals surface area contributed by atoms with Crippen molar-refractivity contribution in [3.63, 3.8) is 0 Å². The van der Waals surface area contributed by atoms with Crippen LogP contribution in [-0.2, 0) is 11.2 Å². The second-order valence-electron chi connectivity index (χ2n) is 7.41. The molecule has 1 aliphatic carbocycles. The molecule has 2 aromatic carbocycles. The molecule has 1 heterocycles. The minimum atomic E-state index is -0.489. The fourth-order valence-corrected chi connectivity index (χ4v) is 3.54. The fraction of sp³-hybridized carbons (Fsp3) is 0.250. The topological polar surface area (TPSA) is 110 Å². The lowest BCUT2D eigenvalue weighted by atomic mass is 10.0. The number of ether oxygens (including phenoxy) is 2. The Morgan fingerprint density at radius 3 is 2.84 bits per heavy atom. The lowest BCUT2D eigenvalue weighted by Crippen LogP contribution is -2.22. The molecule has 1 aliphatic rings. The van der Waals surface area contributed by atoms with E-state index in [0.29, 0.717) is 47.3 Å². The van der Waals surface area contributed by atoms with Crippen molar-refractivity contribution in [3.8, 4) is 34.7 Å². The van der Waals surface area contributed by atoms with Crippen LogP contribution in [-0.4, -0.2) is 28.9 Å². The molecule has 3 aromatic rings. The molecular formula is C24H22N4O4. The van der Waals surface area contributed by atoms with Crippen molar-refractivity contribution in [2.45, 2.75) is 33.3 Å². The van der Waals surface area contributed by atoms with Crippen LogP contribution in [0.3, 0.4) is 0 Å². The van der Waals surface area contributed by atoms with E-state index < -0.39 is 6.09 Å². The first-order valence-corrected chi connectivity index (χ1v) is 10.3. The van der Waals surface area contributed by atoms with Gasteiger partial charge in [0.05, 0.1) is 18.3 Å². The molecule has 1 N–H and O–H groups in total. The Kier molecular flexibility index (Phi) is 5.90. The van der Waals surface area contributed by atoms with Crippen molar-refractivity contribution < 1.29 is 18.8 Å². The minimum Gasteiger partial charge on any atom is -0.490 e. The number of nitrogens with one attached hydrogen (secondary N) is 1. The summed E-state index contributed by atoms with van der Waals surface area (Å²) in [7, 11) is 0. The summed E-state index contributed by atoms with van der Waals surface area (Å²) in [6.45, 7) is 5.86. The molecule has 0 saturated heterocycles. The molecule has 0 spiro atoms. The highest BCUT2D eigenvalue weighted by atomic mass is 16.5. The number of hydrogen-bond acceptors (Lipinski definition) is 7. The summed E-state index contributed by atoms with van der Waals surface area (Å²) < 4.78 is 16.1. The minimum absolute atomic E-state index is 0.0417. The predicted octanol–water partition coefficient (Wildman–Crippen LogP) is 4.71. The standard InChI is InChI=1S/C24H22N4O4/c1-4-30-24(29)26-20-10-9-17-18(20)6-5-7-19(17)22-27-23(32-28-22)15-8-11-21(31-14(2)3)16(12-15)13-25/h5-8,10-12,14H,4,9H2,1-3H3,(H,26,29). The van der Waals surface area contributed by atoms with Crippen LogP contribution in [0, 0.1) is 11.3 Å². The van der Waals surface area contributed by atoms with Gasteiger partial charge in [-0.15, -0.1) is 0 Å². The van der Waals surface area contributed by atoms with E-state index in [9.17, 15) is 10.1 Å². The smallest absolute Gasteiger partial charge is 0.411 e. The molecule has 0 aliphatic heterocycles. The number of nitrogens with zero attached hydrogens (tertiary/aromatic N) is 3. The molecule has 0 saturated carbocycles. The molecule has 0 bridgehead atoms. The van der Waals surface area contributed by atoms with Crippen LogP contribution in [0.5, 0.6) is 5.75 Å². The summed E-state index contributed by atoms with van der Waals surface area (Å²) in [6.07, 6.45) is 2.02. The van der Waals surface area contributed by atoms with Gasteiger partial charge in [0.2, 0.25) is 5.82 Å². The van der Waals surface area contributed by atoms with E-state index in [1.165, 1.54) is 0 Å². The van der Waals surface area contributed by atoms with Crippen LogP contribution in [0.2, 0.25) is 0 Å². The maximum Gasteiger partial charge on any atom is 0.411 e. The molecule has 0 radical (unpaired) electrons. The molecule has 0 atom stereocenters. The van der Waals surface area contributed by atoms with Crippen LogP contribution in [0.1, 0.15) is 37.5 Å². The summed E-state index contributed by atoms with van der Waals surface area (Å²) >= 11 is 0. The van der Waals surface area contributed by atoms with E-state index in [4.69, 9.17) is 14.0 Å². The zero-order chi connectivity index (χ0) is 22.7. The molecule has 162 valence electrons. The zero-order valence-corrected chi connectivity index (χ0v) is 18.0. The number of carbonyl (C=O) groups is 1. The summed E-state index contributed by atoms with van der Waals surface area (Å²) in [6, 6.07) is 13.1. The Labute approximate surface area is 185 Å². The van der Waals surface area contributed by atoms with Crippen molar-refractivity contribution in [3.05, 3.63) is 59.2 Å². The quantitative estimate of drug-likeness (QED) is 0.603. The van der Waals surface area contributed by atoms with Crippen LogP contribution in [0.4, 0.5) is 4.79 Å². The van der Waals surface area contributed by atoms with Crippen molar-refractivity contribution in [1.82, 2.24) is 15.5 Å². The normalized spacial score (nSPS) is 12.2. The highest BCUT2D eigenvalue weighted by Gasteiger charge is 2.22. The number of fused-ring (bicyclic) bond motifs is 1. The third-order valence-corrected chi connectivity index (χ3v) is 4.87. The zero-order valence-electron chi connectivity index (χ0n) is 18.0. The second-order valence-corrected chi connectivity index (χ2v) is 7.41. The van der Waals surface area contributed by atoms with E-state index in [0.717, 1.165) is 16.7 Å². The average Bonchev–Trinajstić information content (AvgIpc) is 3.41. The van der Waals surface area contributed by atoms with Gasteiger partial charge in [0, 0.05) is 22.4 Å². The van der Waals surface area contributed by atoms with E-state index in [1.54, 1.807) is 25.1 Å². The van der Waals surface area contributed by atoms with Gasteiger partial charge >= 0.3 is 6.09 Å². The summed E-state index contributed by atoms with van der Waals surface area (Å²) in [5.41, 5.74) is 4.43. The number of hydrogen-bond donors (Lipinski definition) is 1. The van der Waals surface area contributed by atoms with Gasteiger partial charge in [0.1, 0.15) is 11.8 Å². The number of aromatic nitrogens is 2. The van der Waals surface area contributed by atoms with E-state index >= 15 is 0 Å². The number of amides is 1. The molecule has 1 aromatic heterocycles. The van der Waals surface area contributed by atoms with Gasteiger partial charge in [-0.25, -0.2) is 4.79 Å². The first-order chi connectivity index (χ1) is 15.5. The van der Waals surface area contributed by atoms with Gasteiger partial charge in [-0.2, -0.15) is 10.2 Å². The number of rotatable bonds is 6. The molecule has 32 heavy (non-hydrogen) atoms. The SMILES string of the molecule is CCOC(=O)NC1=CCc2c1cccc2-c1noc(-c2ccc(OC(C)C)c(C#N)c2)n1. The number of benzene rings is 2. The first kappa shape index (κ1) is 21.1. The molecule has 1 amide bonds. The molecular weight excluding hydrogens is 408 g/mol. The van der Waals surface area contributed by atoms with Crippen LogP contribution in [0.15, 0.2) is 47.0 Å². The largest absolute Gasteiger partial charge is 0.490 e. The van der Waals surface area contributed by atoms with E-state index in [1.807, 2.05) is 38.1 Å². The Morgan fingerprint density at radius 1 is 1.28 bits per heavy atom. The maximum absolute atomic E-state index is 11.8. The van der Waals surface area contributed by atoms with Crippen LogP contribution in [0.25, 0.3) is 28.5 Å². The van der Waals surface area contributed by atoms with Crippen LogP contribution < -0.4 is 10.1 Å². The van der Waals surface area contributed by atoms with Gasteiger partial charge in [0.15, 0.2) is 0 Å². The molecule has 4 rings (SSSR count). The summed E-state index contributed by atoms with van der Waals surface area (Å²) in [5.74, 6) is 1.25. The Hall–Kier alpha value is -4.12. The highest BCUT2D eigenvalue weighted by Crippen LogP contribution is 2.34. The van der Waals surface area contributed by atoms with Crippen molar-refractivity contribution in [2.24, 2.45) is 0 Å². The van der Waals surface area contributed by atoms with E-state index in [2.05, 4.69) is 21.5 Å². The van der Waals surface area contributed by atoms with Gasteiger partial charge in [-0.3, -0.25) is 5.32 Å². The maximum atomic E-state index is 11.8. The number of nitriles is 1. The number of carbonyl (C=O) groups excluding carboxylic acids is 1. The van der Waals surface area contributed by atoms with Gasteiger partial charge in [-0.1, -0.05) is 29.4 Å². The molecule has 0 fully saturated rings. The Balaban J connectivity index is 1.61. The predicted molar refractivity (Wildman–Crippen MR) is 117 cm³/mol. The molecule has 0 unspecified atom stereocenters. The lowest BCUT2D eigenvalue weighted by molar-refractivity contribution is 0.157. The monoisotopic (exact) mass is 430 g/mol. The Bertz CT molecular complexity index is 1240. The second kappa shape index (κ2) is 8.94. The summed E-state index contributed by atoms with van der Waals surface area (Å²) in [5, 5.41) is 16.4. The van der Waals surface area contributed by atoms with Gasteiger partial charge in [-0.05, 0) is 51.0 Å². The number of allylic oxidation sites excluding steroid dienone is 1. The highest BCUT2D eigenvalue weighted by molar-refractivity contribution is 5.87. The van der Waals surface area contributed by atoms with Gasteiger partial charge < -0.3 is 14.0 Å². The van der Waals surface area contributed by atoms with Crippen LogP contribution >= 0.6 is 0 Å². The van der Waals surface area contributed by atoms with Crippen molar-refractivity contribution in [1.29, 1.82) is 5.26 Å². The third kappa shape index (κ3) is 4.18. The number of alkyl carbamates (subject to hydrolysis) is 1. The van der Waals surface area contributed by atoms with E-state index in [-0.39, 0.29) is 6.10 Å².